The number of pyridine rings is 1. The number of fused-ring (bicyclic) bond motifs is 1. The number of benzene rings is 1. The number of alkyl halides is 2. The topological polar surface area (TPSA) is 36.1 Å². The fourth-order valence-electron chi connectivity index (χ4n) is 2.69. The largest absolute Gasteiger partial charge is 0.358 e. The Bertz CT molecular complexity index is 747. The van der Waals surface area contributed by atoms with Crippen molar-refractivity contribution in [3.05, 3.63) is 38.6 Å². The van der Waals surface area contributed by atoms with Gasteiger partial charge in [0.15, 0.2) is 0 Å². The Morgan fingerprint density at radius 2 is 1.86 bits per heavy atom. The molecule has 1 saturated heterocycles. The molecule has 0 atom stereocenters. The molecule has 3 nitrogen and oxygen atoms in total. The average Bonchev–Trinajstić information content (AvgIpc) is 2.40. The zero-order valence-corrected chi connectivity index (χ0v) is 13.1. The van der Waals surface area contributed by atoms with Crippen LogP contribution in [-0.4, -0.2) is 24.0 Å². The van der Waals surface area contributed by atoms with Crippen LogP contribution in [0.1, 0.15) is 18.4 Å². The Morgan fingerprint density at radius 1 is 1.19 bits per heavy atom. The van der Waals surface area contributed by atoms with E-state index in [-0.39, 0.29) is 31.5 Å². The van der Waals surface area contributed by atoms with E-state index in [1.165, 1.54) is 0 Å². The molecule has 1 aliphatic heterocycles. The van der Waals surface area contributed by atoms with Gasteiger partial charge in [0.2, 0.25) is 0 Å². The van der Waals surface area contributed by atoms with Crippen LogP contribution in [0, 0.1) is 6.92 Å². The monoisotopic (exact) mass is 356 g/mol. The number of nitrogens with one attached hydrogen (secondary N) is 1. The van der Waals surface area contributed by atoms with Gasteiger partial charge in [-0.05, 0) is 30.7 Å². The second-order valence-electron chi connectivity index (χ2n) is 5.53. The third kappa shape index (κ3) is 2.81. The van der Waals surface area contributed by atoms with Crippen LogP contribution in [0.5, 0.6) is 0 Å². The SMILES string of the molecule is Cc1cc(Br)c2cc(N3CCC(F)(F)CC3)[nH]c(=O)c2c1. The lowest BCUT2D eigenvalue weighted by molar-refractivity contribution is -0.0221. The number of anilines is 1. The first kappa shape index (κ1) is 14.5. The number of piperidine rings is 1. The van der Waals surface area contributed by atoms with E-state index >= 15 is 0 Å². The summed E-state index contributed by atoms with van der Waals surface area (Å²) in [5.74, 6) is -1.99. The summed E-state index contributed by atoms with van der Waals surface area (Å²) in [6.45, 7) is 2.42. The first-order chi connectivity index (χ1) is 9.85. The zero-order valence-electron chi connectivity index (χ0n) is 11.5. The molecule has 0 amide bonds. The normalized spacial score (nSPS) is 18.2. The van der Waals surface area contributed by atoms with E-state index < -0.39 is 5.92 Å². The van der Waals surface area contributed by atoms with E-state index in [2.05, 4.69) is 20.9 Å². The molecule has 2 aromatic rings. The Labute approximate surface area is 129 Å². The molecule has 0 unspecified atom stereocenters. The minimum Gasteiger partial charge on any atom is -0.358 e. The summed E-state index contributed by atoms with van der Waals surface area (Å²) in [6.07, 6.45) is -0.357. The summed E-state index contributed by atoms with van der Waals surface area (Å²) in [4.78, 5) is 16.8. The highest BCUT2D eigenvalue weighted by Gasteiger charge is 2.34. The van der Waals surface area contributed by atoms with Crippen LogP contribution in [0.25, 0.3) is 10.8 Å². The molecule has 1 N–H and O–H groups in total. The lowest BCUT2D eigenvalue weighted by Gasteiger charge is -2.33. The van der Waals surface area contributed by atoms with Gasteiger partial charge in [-0.15, -0.1) is 0 Å². The molecule has 0 saturated carbocycles. The Morgan fingerprint density at radius 3 is 2.52 bits per heavy atom. The van der Waals surface area contributed by atoms with Gasteiger partial charge < -0.3 is 9.88 Å². The van der Waals surface area contributed by atoms with Crippen LogP contribution in [0.2, 0.25) is 0 Å². The van der Waals surface area contributed by atoms with Crippen LogP contribution in [0.3, 0.4) is 0 Å². The van der Waals surface area contributed by atoms with Crippen LogP contribution in [0.15, 0.2) is 27.5 Å². The molecule has 3 rings (SSSR count). The molecular weight excluding hydrogens is 342 g/mol. The van der Waals surface area contributed by atoms with Gasteiger partial charge in [0.25, 0.3) is 11.5 Å². The van der Waals surface area contributed by atoms with E-state index in [0.717, 1.165) is 15.4 Å². The van der Waals surface area contributed by atoms with Crippen molar-refractivity contribution in [2.75, 3.05) is 18.0 Å². The summed E-state index contributed by atoms with van der Waals surface area (Å²) in [5, 5.41) is 1.41. The molecule has 21 heavy (non-hydrogen) atoms. The van der Waals surface area contributed by atoms with Crippen LogP contribution in [0.4, 0.5) is 14.6 Å². The fourth-order valence-corrected chi connectivity index (χ4v) is 3.38. The predicted molar refractivity (Wildman–Crippen MR) is 83.4 cm³/mol. The number of aromatic amines is 1. The zero-order chi connectivity index (χ0) is 15.2. The highest BCUT2D eigenvalue weighted by molar-refractivity contribution is 9.10. The van der Waals surface area contributed by atoms with Crippen LogP contribution in [-0.2, 0) is 0 Å². The summed E-state index contributed by atoms with van der Waals surface area (Å²) >= 11 is 3.47. The second-order valence-corrected chi connectivity index (χ2v) is 6.39. The van der Waals surface area contributed by atoms with Crippen molar-refractivity contribution in [2.45, 2.75) is 25.7 Å². The highest BCUT2D eigenvalue weighted by Crippen LogP contribution is 2.31. The minimum atomic E-state index is -2.59. The molecule has 0 spiro atoms. The quantitative estimate of drug-likeness (QED) is 0.842. The number of aromatic nitrogens is 1. The van der Waals surface area contributed by atoms with E-state index in [1.54, 1.807) is 0 Å². The van der Waals surface area contributed by atoms with E-state index in [1.807, 2.05) is 30.0 Å². The van der Waals surface area contributed by atoms with E-state index in [9.17, 15) is 13.6 Å². The summed E-state index contributed by atoms with van der Waals surface area (Å²) < 4.78 is 27.3. The highest BCUT2D eigenvalue weighted by atomic mass is 79.9. The maximum absolute atomic E-state index is 13.2. The molecule has 0 radical (unpaired) electrons. The molecule has 1 fully saturated rings. The maximum Gasteiger partial charge on any atom is 0.257 e. The predicted octanol–water partition coefficient (Wildman–Crippen LogP) is 3.83. The molecule has 2 heterocycles. The Hall–Kier alpha value is -1.43. The van der Waals surface area contributed by atoms with Gasteiger partial charge in [0, 0.05) is 41.2 Å². The lowest BCUT2D eigenvalue weighted by Crippen LogP contribution is -2.40. The number of hydrogen-bond acceptors (Lipinski definition) is 2. The third-order valence-electron chi connectivity index (χ3n) is 3.88. The van der Waals surface area contributed by atoms with Crippen molar-refractivity contribution in [3.63, 3.8) is 0 Å². The molecular formula is C15H15BrF2N2O. The van der Waals surface area contributed by atoms with Crippen molar-refractivity contribution in [1.29, 1.82) is 0 Å². The van der Waals surface area contributed by atoms with Gasteiger partial charge in [-0.2, -0.15) is 0 Å². The Balaban J connectivity index is 2.04. The maximum atomic E-state index is 13.2. The van der Waals surface area contributed by atoms with Crippen molar-refractivity contribution < 1.29 is 8.78 Å². The minimum absolute atomic E-state index is 0.178. The first-order valence-corrected chi connectivity index (χ1v) is 7.61. The Kier molecular flexibility index (Phi) is 3.51. The van der Waals surface area contributed by atoms with Crippen molar-refractivity contribution >= 4 is 32.5 Å². The van der Waals surface area contributed by atoms with Gasteiger partial charge in [0.1, 0.15) is 5.82 Å². The van der Waals surface area contributed by atoms with Crippen molar-refractivity contribution in [1.82, 2.24) is 4.98 Å². The van der Waals surface area contributed by atoms with Gasteiger partial charge in [0.05, 0.1) is 0 Å². The number of hydrogen-bond donors (Lipinski definition) is 1. The smallest absolute Gasteiger partial charge is 0.257 e. The lowest BCUT2D eigenvalue weighted by atomic mass is 10.1. The van der Waals surface area contributed by atoms with Crippen LogP contribution >= 0.6 is 15.9 Å². The van der Waals surface area contributed by atoms with Crippen molar-refractivity contribution in [2.24, 2.45) is 0 Å². The molecule has 0 bridgehead atoms. The van der Waals surface area contributed by atoms with Gasteiger partial charge in [-0.3, -0.25) is 4.79 Å². The number of nitrogens with zero attached hydrogens (tertiary/aromatic N) is 1. The molecule has 112 valence electrons. The summed E-state index contributed by atoms with van der Waals surface area (Å²) in [7, 11) is 0. The molecule has 1 aromatic carbocycles. The number of H-pyrrole nitrogens is 1. The van der Waals surface area contributed by atoms with Crippen LogP contribution < -0.4 is 10.5 Å². The second kappa shape index (κ2) is 5.09. The van der Waals surface area contributed by atoms with Gasteiger partial charge in [-0.25, -0.2) is 8.78 Å². The third-order valence-corrected chi connectivity index (χ3v) is 4.53. The molecule has 1 aliphatic rings. The van der Waals surface area contributed by atoms with Crippen molar-refractivity contribution in [3.8, 4) is 0 Å². The average molecular weight is 357 g/mol. The first-order valence-electron chi connectivity index (χ1n) is 6.82. The van der Waals surface area contributed by atoms with E-state index in [4.69, 9.17) is 0 Å². The summed E-state index contributed by atoms with van der Waals surface area (Å²) in [6, 6.07) is 5.62. The summed E-state index contributed by atoms with van der Waals surface area (Å²) in [5.41, 5.74) is 0.800. The molecule has 0 aliphatic carbocycles. The fraction of sp³-hybridized carbons (Fsp3) is 0.400. The number of halogens is 3. The van der Waals surface area contributed by atoms with E-state index in [0.29, 0.717) is 11.2 Å². The van der Waals surface area contributed by atoms with Gasteiger partial charge >= 0.3 is 0 Å². The number of rotatable bonds is 1. The molecule has 6 heteroatoms. The molecule has 1 aromatic heterocycles. The standard InChI is InChI=1S/C15H15BrF2N2O/c1-9-6-11-10(12(16)7-9)8-13(19-14(11)21)20-4-2-15(17,18)3-5-20/h6-8H,2-5H2,1H3,(H,19,21). The van der Waals surface area contributed by atoms with Gasteiger partial charge in [-0.1, -0.05) is 15.9 Å². The number of aryl methyl sites for hydroxylation is 1.